The smallest absolute Gasteiger partial charge is 0.303 e. The largest absolute Gasteiger partial charge is 0.481 e. The summed E-state index contributed by atoms with van der Waals surface area (Å²) in [7, 11) is 0. The molecule has 3 aromatic rings. The van der Waals surface area contributed by atoms with E-state index in [2.05, 4.69) is 32.9 Å². The van der Waals surface area contributed by atoms with Crippen LogP contribution in [-0.4, -0.2) is 26.8 Å². The van der Waals surface area contributed by atoms with Crippen molar-refractivity contribution in [1.29, 1.82) is 0 Å². The number of aromatic nitrogens is 2. The van der Waals surface area contributed by atoms with Gasteiger partial charge in [-0.2, -0.15) is 5.10 Å². The fraction of sp³-hybridized carbons (Fsp3) is 0.136. The average Bonchev–Trinajstić information content (AvgIpc) is 3.15. The van der Waals surface area contributed by atoms with Crippen LogP contribution in [0.25, 0.3) is 17.0 Å². The van der Waals surface area contributed by atoms with Gasteiger partial charge in [-0.25, -0.2) is 4.68 Å². The summed E-state index contributed by atoms with van der Waals surface area (Å²) >= 11 is 3.43. The summed E-state index contributed by atoms with van der Waals surface area (Å²) in [6.07, 6.45) is 0.477. The number of hydrogen-bond donors (Lipinski definition) is 2. The first kappa shape index (κ1) is 20.5. The molecule has 0 unspecified atom stereocenters. The van der Waals surface area contributed by atoms with E-state index < -0.39 is 5.97 Å². The third-order valence-corrected chi connectivity index (χ3v) is 4.94. The summed E-state index contributed by atoms with van der Waals surface area (Å²) < 4.78 is 2.32. The number of allylic oxidation sites excluding steroid dienone is 1. The first-order valence-electron chi connectivity index (χ1n) is 8.98. The van der Waals surface area contributed by atoms with Crippen LogP contribution < -0.4 is 5.32 Å². The third-order valence-electron chi connectivity index (χ3n) is 4.28. The van der Waals surface area contributed by atoms with Gasteiger partial charge < -0.3 is 10.4 Å². The summed E-state index contributed by atoms with van der Waals surface area (Å²) in [5, 5.41) is 16.1. The van der Waals surface area contributed by atoms with E-state index in [9.17, 15) is 9.59 Å². The highest BCUT2D eigenvalue weighted by Crippen LogP contribution is 2.26. The molecule has 6 nitrogen and oxygen atoms in total. The van der Waals surface area contributed by atoms with Crippen LogP contribution in [0.5, 0.6) is 0 Å². The molecule has 0 saturated heterocycles. The lowest BCUT2D eigenvalue weighted by Crippen LogP contribution is -2.13. The summed E-state index contributed by atoms with van der Waals surface area (Å²) in [5.41, 5.74) is 4.15. The van der Waals surface area contributed by atoms with E-state index in [1.807, 2.05) is 37.3 Å². The molecule has 3 rings (SSSR count). The van der Waals surface area contributed by atoms with E-state index in [0.717, 1.165) is 16.8 Å². The zero-order chi connectivity index (χ0) is 21.0. The molecule has 2 aromatic carbocycles. The molecule has 29 heavy (non-hydrogen) atoms. The van der Waals surface area contributed by atoms with Gasteiger partial charge in [0.2, 0.25) is 0 Å². The number of halogens is 1. The predicted molar refractivity (Wildman–Crippen MR) is 117 cm³/mol. The normalized spacial score (nSPS) is 10.6. The Morgan fingerprint density at radius 1 is 1.17 bits per heavy atom. The van der Waals surface area contributed by atoms with Crippen molar-refractivity contribution in [2.45, 2.75) is 19.8 Å². The predicted octanol–water partition coefficient (Wildman–Crippen LogP) is 5.07. The van der Waals surface area contributed by atoms with Crippen LogP contribution in [0.3, 0.4) is 0 Å². The number of nitrogens with one attached hydrogen (secondary N) is 1. The Kier molecular flexibility index (Phi) is 6.29. The standard InChI is InChI=1S/C22H20BrN3O3/c1-14(2)26-20(16-6-4-3-5-7-16)13-19(25-26)22(29)24-18-10-8-15(12-17(18)23)9-11-21(27)28/h3-8,10,12-13H,1,9,11H2,2H3,(H,24,29)(H,27,28). The number of hydrogen-bond acceptors (Lipinski definition) is 3. The van der Waals surface area contributed by atoms with E-state index in [1.165, 1.54) is 0 Å². The number of aliphatic carboxylic acids is 1. The van der Waals surface area contributed by atoms with E-state index in [1.54, 1.807) is 28.9 Å². The summed E-state index contributed by atoms with van der Waals surface area (Å²) in [4.78, 5) is 23.5. The van der Waals surface area contributed by atoms with Gasteiger partial charge in [-0.3, -0.25) is 9.59 Å². The number of rotatable bonds is 7. The molecule has 0 bridgehead atoms. The van der Waals surface area contributed by atoms with Gasteiger partial charge in [0.05, 0.1) is 11.4 Å². The number of aryl methyl sites for hydroxylation is 1. The summed E-state index contributed by atoms with van der Waals surface area (Å²) in [6, 6.07) is 16.8. The number of nitrogens with zero attached hydrogens (tertiary/aromatic N) is 2. The Hall–Kier alpha value is -3.19. The van der Waals surface area contributed by atoms with Gasteiger partial charge in [0.1, 0.15) is 0 Å². The van der Waals surface area contributed by atoms with Crippen LogP contribution >= 0.6 is 15.9 Å². The molecule has 0 fully saturated rings. The van der Waals surface area contributed by atoms with Gasteiger partial charge in [-0.15, -0.1) is 0 Å². The Morgan fingerprint density at radius 2 is 1.90 bits per heavy atom. The van der Waals surface area contributed by atoms with Gasteiger partial charge in [-0.1, -0.05) is 43.0 Å². The topological polar surface area (TPSA) is 84.2 Å². The van der Waals surface area contributed by atoms with E-state index >= 15 is 0 Å². The molecule has 0 aliphatic heterocycles. The molecule has 0 aliphatic rings. The molecule has 7 heteroatoms. The van der Waals surface area contributed by atoms with Gasteiger partial charge >= 0.3 is 5.97 Å². The quantitative estimate of drug-likeness (QED) is 0.522. The zero-order valence-corrected chi connectivity index (χ0v) is 17.4. The molecule has 0 radical (unpaired) electrons. The first-order valence-corrected chi connectivity index (χ1v) is 9.77. The lowest BCUT2D eigenvalue weighted by atomic mass is 10.1. The number of benzene rings is 2. The molecule has 1 heterocycles. The molecule has 0 saturated carbocycles. The van der Waals surface area contributed by atoms with Crippen LogP contribution in [0.2, 0.25) is 0 Å². The molecule has 148 valence electrons. The number of amides is 1. The number of carbonyl (C=O) groups is 2. The molecule has 0 aliphatic carbocycles. The van der Waals surface area contributed by atoms with Crippen LogP contribution in [0, 0.1) is 0 Å². The minimum absolute atomic E-state index is 0.0543. The Bertz CT molecular complexity index is 1070. The second-order valence-corrected chi connectivity index (χ2v) is 7.44. The van der Waals surface area contributed by atoms with Crippen molar-refractivity contribution in [3.63, 3.8) is 0 Å². The lowest BCUT2D eigenvalue weighted by molar-refractivity contribution is -0.136. The maximum Gasteiger partial charge on any atom is 0.303 e. The fourth-order valence-corrected chi connectivity index (χ4v) is 3.38. The molecule has 1 amide bonds. The molecule has 0 atom stereocenters. The van der Waals surface area contributed by atoms with E-state index in [0.29, 0.717) is 22.3 Å². The molecular formula is C22H20BrN3O3. The zero-order valence-electron chi connectivity index (χ0n) is 15.9. The molecule has 2 N–H and O–H groups in total. The van der Waals surface area contributed by atoms with Crippen molar-refractivity contribution in [3.05, 3.63) is 76.9 Å². The van der Waals surface area contributed by atoms with Crippen LogP contribution in [-0.2, 0) is 11.2 Å². The van der Waals surface area contributed by atoms with Gasteiger partial charge in [0, 0.05) is 22.2 Å². The fourth-order valence-electron chi connectivity index (χ4n) is 2.85. The highest BCUT2D eigenvalue weighted by Gasteiger charge is 2.17. The second-order valence-electron chi connectivity index (χ2n) is 6.59. The number of carboxylic acid groups (broad SMARTS) is 1. The van der Waals surface area contributed by atoms with Gasteiger partial charge in [0.15, 0.2) is 5.69 Å². The first-order chi connectivity index (χ1) is 13.8. The van der Waals surface area contributed by atoms with Crippen LogP contribution in [0.1, 0.15) is 29.4 Å². The van der Waals surface area contributed by atoms with Crippen molar-refractivity contribution in [1.82, 2.24) is 9.78 Å². The highest BCUT2D eigenvalue weighted by atomic mass is 79.9. The van der Waals surface area contributed by atoms with E-state index in [-0.39, 0.29) is 18.0 Å². The lowest BCUT2D eigenvalue weighted by Gasteiger charge is -2.08. The minimum atomic E-state index is -0.846. The maximum atomic E-state index is 12.8. The Balaban J connectivity index is 1.82. The SMILES string of the molecule is C=C(C)n1nc(C(=O)Nc2ccc(CCC(=O)O)cc2Br)cc1-c1ccccc1. The molecule has 1 aromatic heterocycles. The number of anilines is 1. The summed E-state index contributed by atoms with van der Waals surface area (Å²) in [6.45, 7) is 5.77. The third kappa shape index (κ3) is 5.00. The van der Waals surface area contributed by atoms with Crippen molar-refractivity contribution in [2.75, 3.05) is 5.32 Å². The van der Waals surface area contributed by atoms with Crippen molar-refractivity contribution in [2.24, 2.45) is 0 Å². The monoisotopic (exact) mass is 453 g/mol. The van der Waals surface area contributed by atoms with Crippen LogP contribution in [0.15, 0.2) is 65.6 Å². The molecule has 0 spiro atoms. The maximum absolute atomic E-state index is 12.8. The Labute approximate surface area is 177 Å². The van der Waals surface area contributed by atoms with Crippen LogP contribution in [0.4, 0.5) is 5.69 Å². The molecular weight excluding hydrogens is 434 g/mol. The number of carbonyl (C=O) groups excluding carboxylic acids is 1. The van der Waals surface area contributed by atoms with Crippen molar-refractivity contribution in [3.8, 4) is 11.3 Å². The van der Waals surface area contributed by atoms with Gasteiger partial charge in [-0.05, 0) is 53.0 Å². The summed E-state index contributed by atoms with van der Waals surface area (Å²) in [5.74, 6) is -1.19. The van der Waals surface area contributed by atoms with Crippen molar-refractivity contribution >= 4 is 39.2 Å². The second kappa shape index (κ2) is 8.87. The Morgan fingerprint density at radius 3 is 2.52 bits per heavy atom. The van der Waals surface area contributed by atoms with E-state index in [4.69, 9.17) is 5.11 Å². The van der Waals surface area contributed by atoms with Gasteiger partial charge in [0.25, 0.3) is 5.91 Å². The minimum Gasteiger partial charge on any atom is -0.481 e. The average molecular weight is 454 g/mol. The highest BCUT2D eigenvalue weighted by molar-refractivity contribution is 9.10. The van der Waals surface area contributed by atoms with Crippen molar-refractivity contribution < 1.29 is 14.7 Å². The number of carboxylic acids is 1.